The van der Waals surface area contributed by atoms with Crippen molar-refractivity contribution in [3.63, 3.8) is 0 Å². The molecule has 1 aromatic carbocycles. The van der Waals surface area contributed by atoms with E-state index in [0.29, 0.717) is 0 Å². The van der Waals surface area contributed by atoms with Gasteiger partial charge in [-0.2, -0.15) is 0 Å². The summed E-state index contributed by atoms with van der Waals surface area (Å²) in [5.74, 6) is 0.900. The van der Waals surface area contributed by atoms with Gasteiger partial charge < -0.3 is 11.1 Å². The number of nitrogens with zero attached hydrogens (tertiary/aromatic N) is 1. The molecule has 1 atom stereocenters. The van der Waals surface area contributed by atoms with Crippen LogP contribution in [0.4, 0.5) is 5.69 Å². The van der Waals surface area contributed by atoms with Gasteiger partial charge in [-0.3, -0.25) is 4.98 Å². The van der Waals surface area contributed by atoms with Crippen molar-refractivity contribution in [2.75, 3.05) is 18.0 Å². The number of benzene rings is 1. The van der Waals surface area contributed by atoms with E-state index in [1.165, 1.54) is 4.90 Å². The Morgan fingerprint density at radius 1 is 1.29 bits per heavy atom. The topological polar surface area (TPSA) is 50.9 Å². The summed E-state index contributed by atoms with van der Waals surface area (Å²) in [6.45, 7) is 3.11. The number of hydrogen-bond donors (Lipinski definition) is 2. The summed E-state index contributed by atoms with van der Waals surface area (Å²) >= 11 is 7.70. The Hall–Kier alpha value is -1.23. The van der Waals surface area contributed by atoms with Gasteiger partial charge in [0.1, 0.15) is 0 Å². The monoisotopic (exact) mass is 321 g/mol. The Morgan fingerprint density at radius 3 is 2.71 bits per heavy atom. The van der Waals surface area contributed by atoms with E-state index >= 15 is 0 Å². The predicted molar refractivity (Wildman–Crippen MR) is 91.9 cm³/mol. The minimum absolute atomic E-state index is 0.194. The molecule has 21 heavy (non-hydrogen) atoms. The van der Waals surface area contributed by atoms with E-state index in [4.69, 9.17) is 17.3 Å². The number of rotatable bonds is 7. The molecule has 5 heteroatoms. The lowest BCUT2D eigenvalue weighted by Crippen LogP contribution is -2.25. The predicted octanol–water partition coefficient (Wildman–Crippen LogP) is 4.15. The van der Waals surface area contributed by atoms with Crippen LogP contribution in [0.5, 0.6) is 0 Å². The second kappa shape index (κ2) is 8.27. The van der Waals surface area contributed by atoms with Gasteiger partial charge in [0.05, 0.1) is 0 Å². The Labute approximate surface area is 135 Å². The van der Waals surface area contributed by atoms with Crippen LogP contribution in [-0.2, 0) is 0 Å². The summed E-state index contributed by atoms with van der Waals surface area (Å²) < 4.78 is 0. The van der Waals surface area contributed by atoms with Crippen molar-refractivity contribution >= 4 is 29.1 Å². The van der Waals surface area contributed by atoms with Crippen molar-refractivity contribution in [3.8, 4) is 0 Å². The smallest absolute Gasteiger partial charge is 0.0451 e. The van der Waals surface area contributed by atoms with E-state index in [-0.39, 0.29) is 6.04 Å². The molecule has 0 saturated heterocycles. The maximum Gasteiger partial charge on any atom is 0.0451 e. The van der Waals surface area contributed by atoms with Crippen molar-refractivity contribution in [3.05, 3.63) is 53.3 Å². The molecule has 0 aliphatic rings. The first kappa shape index (κ1) is 16.1. The molecule has 0 fully saturated rings. The highest BCUT2D eigenvalue weighted by molar-refractivity contribution is 7.99. The molecule has 0 bridgehead atoms. The number of nitrogens with one attached hydrogen (secondary N) is 1. The minimum Gasteiger partial charge on any atom is -0.398 e. The molecular weight excluding hydrogens is 302 g/mol. The number of nitrogens with two attached hydrogens (primary N) is 1. The van der Waals surface area contributed by atoms with E-state index in [1.807, 2.05) is 36.5 Å². The van der Waals surface area contributed by atoms with E-state index in [0.717, 1.165) is 35.0 Å². The molecule has 0 spiro atoms. The lowest BCUT2D eigenvalue weighted by molar-refractivity contribution is 0.577. The van der Waals surface area contributed by atoms with Gasteiger partial charge in [0.25, 0.3) is 0 Å². The molecule has 0 aliphatic carbocycles. The largest absolute Gasteiger partial charge is 0.398 e. The van der Waals surface area contributed by atoms with Crippen LogP contribution in [-0.4, -0.2) is 17.3 Å². The first-order chi connectivity index (χ1) is 10.2. The summed E-state index contributed by atoms with van der Waals surface area (Å²) in [6.07, 6.45) is 4.66. The fraction of sp³-hybridized carbons (Fsp3) is 0.312. The first-order valence-corrected chi connectivity index (χ1v) is 8.38. The summed E-state index contributed by atoms with van der Waals surface area (Å²) in [7, 11) is 0. The van der Waals surface area contributed by atoms with Gasteiger partial charge in [0, 0.05) is 45.4 Å². The van der Waals surface area contributed by atoms with Crippen molar-refractivity contribution in [1.29, 1.82) is 0 Å². The van der Waals surface area contributed by atoms with Gasteiger partial charge >= 0.3 is 0 Å². The second-order valence-electron chi connectivity index (χ2n) is 4.78. The molecule has 2 rings (SSSR count). The van der Waals surface area contributed by atoms with Crippen LogP contribution in [0.2, 0.25) is 5.02 Å². The lowest BCUT2D eigenvalue weighted by Gasteiger charge is -2.20. The zero-order chi connectivity index (χ0) is 15.1. The van der Waals surface area contributed by atoms with Gasteiger partial charge in [0.2, 0.25) is 0 Å². The molecule has 3 N–H and O–H groups in total. The zero-order valence-electron chi connectivity index (χ0n) is 12.1. The average molecular weight is 322 g/mol. The standard InChI is InChI=1S/C16H20ClN3S/c1-2-8-20-16(14-10-19-9-7-15(14)18)11-21-13-5-3-12(17)4-6-13/h3-7,9-10,16,20H,2,8,11H2,1H3,(H2,18,19). The Kier molecular flexibility index (Phi) is 6.36. The van der Waals surface area contributed by atoms with E-state index < -0.39 is 0 Å². The molecule has 1 aromatic heterocycles. The summed E-state index contributed by atoms with van der Waals surface area (Å²) in [4.78, 5) is 5.39. The normalized spacial score (nSPS) is 12.3. The van der Waals surface area contributed by atoms with Crippen LogP contribution in [0.3, 0.4) is 0 Å². The quantitative estimate of drug-likeness (QED) is 0.752. The second-order valence-corrected chi connectivity index (χ2v) is 6.31. The molecule has 112 valence electrons. The van der Waals surface area contributed by atoms with Crippen LogP contribution in [0, 0.1) is 0 Å². The van der Waals surface area contributed by atoms with E-state index in [1.54, 1.807) is 18.0 Å². The maximum absolute atomic E-state index is 6.08. The van der Waals surface area contributed by atoms with Crippen molar-refractivity contribution < 1.29 is 0 Å². The number of aromatic nitrogens is 1. The number of pyridine rings is 1. The highest BCUT2D eigenvalue weighted by Gasteiger charge is 2.14. The molecule has 0 amide bonds. The SMILES string of the molecule is CCCNC(CSc1ccc(Cl)cc1)c1cnccc1N. The number of anilines is 1. The number of nitrogen functional groups attached to an aromatic ring is 1. The van der Waals surface area contributed by atoms with Crippen molar-refractivity contribution in [2.24, 2.45) is 0 Å². The average Bonchev–Trinajstić information content (AvgIpc) is 2.50. The van der Waals surface area contributed by atoms with Gasteiger partial charge in [-0.1, -0.05) is 18.5 Å². The lowest BCUT2D eigenvalue weighted by atomic mass is 10.1. The van der Waals surface area contributed by atoms with Gasteiger partial charge in [-0.25, -0.2) is 0 Å². The van der Waals surface area contributed by atoms with E-state index in [9.17, 15) is 0 Å². The number of hydrogen-bond acceptors (Lipinski definition) is 4. The van der Waals surface area contributed by atoms with Crippen LogP contribution >= 0.6 is 23.4 Å². The fourth-order valence-electron chi connectivity index (χ4n) is 2.00. The third-order valence-electron chi connectivity index (χ3n) is 3.13. The van der Waals surface area contributed by atoms with Crippen LogP contribution < -0.4 is 11.1 Å². The van der Waals surface area contributed by atoms with Crippen LogP contribution in [0.15, 0.2) is 47.6 Å². The van der Waals surface area contributed by atoms with E-state index in [2.05, 4.69) is 17.2 Å². The fourth-order valence-corrected chi connectivity index (χ4v) is 3.11. The molecular formula is C16H20ClN3S. The molecule has 1 unspecified atom stereocenters. The minimum atomic E-state index is 0.194. The molecule has 1 heterocycles. The van der Waals surface area contributed by atoms with Gasteiger partial charge in [-0.15, -0.1) is 11.8 Å². The van der Waals surface area contributed by atoms with Gasteiger partial charge in [-0.05, 0) is 43.3 Å². The highest BCUT2D eigenvalue weighted by Crippen LogP contribution is 2.28. The summed E-state index contributed by atoms with van der Waals surface area (Å²) in [5, 5.41) is 4.30. The number of halogens is 1. The maximum atomic E-state index is 6.08. The summed E-state index contributed by atoms with van der Waals surface area (Å²) in [6, 6.07) is 9.95. The third-order valence-corrected chi connectivity index (χ3v) is 4.49. The van der Waals surface area contributed by atoms with Crippen LogP contribution in [0.1, 0.15) is 24.9 Å². The third kappa shape index (κ3) is 4.92. The van der Waals surface area contributed by atoms with Crippen LogP contribution in [0.25, 0.3) is 0 Å². The first-order valence-electron chi connectivity index (χ1n) is 7.02. The molecule has 3 nitrogen and oxygen atoms in total. The highest BCUT2D eigenvalue weighted by atomic mass is 35.5. The molecule has 0 radical (unpaired) electrons. The van der Waals surface area contributed by atoms with Crippen molar-refractivity contribution in [1.82, 2.24) is 10.3 Å². The number of thioether (sulfide) groups is 1. The zero-order valence-corrected chi connectivity index (χ0v) is 13.6. The Balaban J connectivity index is 2.06. The molecule has 0 aliphatic heterocycles. The summed E-state index contributed by atoms with van der Waals surface area (Å²) in [5.41, 5.74) is 7.93. The molecule has 2 aromatic rings. The van der Waals surface area contributed by atoms with Gasteiger partial charge in [0.15, 0.2) is 0 Å². The Bertz CT molecular complexity index is 560. The Morgan fingerprint density at radius 2 is 2.05 bits per heavy atom. The van der Waals surface area contributed by atoms with Crippen molar-refractivity contribution in [2.45, 2.75) is 24.3 Å². The molecule has 0 saturated carbocycles.